The van der Waals surface area contributed by atoms with E-state index in [4.69, 9.17) is 9.47 Å². The second kappa shape index (κ2) is 7.10. The van der Waals surface area contributed by atoms with Crippen LogP contribution < -0.4 is 14.2 Å². The minimum atomic E-state index is -3.62. The molecule has 130 valence electrons. The average Bonchev–Trinajstić information content (AvgIpc) is 3.08. The Morgan fingerprint density at radius 1 is 1.21 bits per heavy atom. The van der Waals surface area contributed by atoms with Gasteiger partial charge in [-0.2, -0.15) is 11.3 Å². The molecule has 1 N–H and O–H groups in total. The minimum Gasteiger partial charge on any atom is -0.486 e. The van der Waals surface area contributed by atoms with E-state index in [1.807, 2.05) is 35.8 Å². The molecule has 0 bridgehead atoms. The van der Waals surface area contributed by atoms with E-state index in [0.717, 1.165) is 5.56 Å². The van der Waals surface area contributed by atoms with E-state index in [0.29, 0.717) is 31.3 Å². The van der Waals surface area contributed by atoms with Crippen molar-refractivity contribution < 1.29 is 17.9 Å². The van der Waals surface area contributed by atoms with Gasteiger partial charge in [0, 0.05) is 18.7 Å². The van der Waals surface area contributed by atoms with Gasteiger partial charge < -0.3 is 14.4 Å². The number of sulfonamides is 1. The number of thiophene rings is 1. The third-order valence-corrected chi connectivity index (χ3v) is 5.96. The smallest absolute Gasteiger partial charge is 0.240 e. The van der Waals surface area contributed by atoms with Gasteiger partial charge in [0.2, 0.25) is 10.0 Å². The van der Waals surface area contributed by atoms with E-state index in [2.05, 4.69) is 4.72 Å². The van der Waals surface area contributed by atoms with Gasteiger partial charge in [-0.05, 0) is 48.6 Å². The monoisotopic (exact) mass is 368 g/mol. The van der Waals surface area contributed by atoms with Crippen molar-refractivity contribution in [2.75, 3.05) is 33.9 Å². The van der Waals surface area contributed by atoms with E-state index >= 15 is 0 Å². The Hall–Kier alpha value is -1.61. The molecule has 2 aromatic rings. The summed E-state index contributed by atoms with van der Waals surface area (Å²) < 4.78 is 38.8. The van der Waals surface area contributed by atoms with E-state index in [9.17, 15) is 8.42 Å². The molecule has 8 heteroatoms. The fraction of sp³-hybridized carbons (Fsp3) is 0.375. The van der Waals surface area contributed by atoms with E-state index in [1.165, 1.54) is 12.1 Å². The van der Waals surface area contributed by atoms with Crippen LogP contribution in [-0.2, 0) is 10.0 Å². The molecule has 1 aromatic carbocycles. The predicted octanol–water partition coefficient (Wildman–Crippen LogP) is 2.10. The lowest BCUT2D eigenvalue weighted by Gasteiger charge is -2.24. The molecule has 0 saturated carbocycles. The highest BCUT2D eigenvalue weighted by Gasteiger charge is 2.22. The zero-order chi connectivity index (χ0) is 17.2. The fourth-order valence-electron chi connectivity index (χ4n) is 2.53. The van der Waals surface area contributed by atoms with Crippen LogP contribution in [0.5, 0.6) is 11.5 Å². The predicted molar refractivity (Wildman–Crippen MR) is 93.4 cm³/mol. The summed E-state index contributed by atoms with van der Waals surface area (Å²) in [5.41, 5.74) is 1.09. The van der Waals surface area contributed by atoms with Crippen LogP contribution >= 0.6 is 11.3 Å². The molecule has 24 heavy (non-hydrogen) atoms. The fourth-order valence-corrected chi connectivity index (χ4v) is 4.29. The summed E-state index contributed by atoms with van der Waals surface area (Å²) in [6, 6.07) is 6.65. The summed E-state index contributed by atoms with van der Waals surface area (Å²) in [5, 5.41) is 4.02. The number of ether oxygens (including phenoxy) is 2. The summed E-state index contributed by atoms with van der Waals surface area (Å²) in [5.74, 6) is 1.04. The Bertz CT molecular complexity index is 788. The number of rotatable bonds is 6. The van der Waals surface area contributed by atoms with Crippen molar-refractivity contribution in [2.45, 2.75) is 10.9 Å². The molecule has 0 fully saturated rings. The standard InChI is InChI=1S/C16H20N2O4S2/c1-18(2)14(12-5-8-23-11-12)10-17-24(19,20)13-3-4-15-16(9-13)22-7-6-21-15/h3-5,8-9,11,14,17H,6-7,10H2,1-2H3. The molecule has 0 saturated heterocycles. The summed E-state index contributed by atoms with van der Waals surface area (Å²) >= 11 is 1.60. The Balaban J connectivity index is 1.76. The highest BCUT2D eigenvalue weighted by molar-refractivity contribution is 7.89. The van der Waals surface area contributed by atoms with Gasteiger partial charge in [-0.3, -0.25) is 0 Å². The topological polar surface area (TPSA) is 67.9 Å². The van der Waals surface area contributed by atoms with Crippen LogP contribution in [0.1, 0.15) is 11.6 Å². The molecule has 1 aromatic heterocycles. The molecule has 6 nitrogen and oxygen atoms in total. The highest BCUT2D eigenvalue weighted by Crippen LogP contribution is 2.32. The molecule has 3 rings (SSSR count). The third-order valence-electron chi connectivity index (χ3n) is 3.84. The van der Waals surface area contributed by atoms with Gasteiger partial charge in [-0.15, -0.1) is 0 Å². The summed E-state index contributed by atoms with van der Waals surface area (Å²) in [7, 11) is 0.240. The van der Waals surface area contributed by atoms with Crippen molar-refractivity contribution >= 4 is 21.4 Å². The lowest BCUT2D eigenvalue weighted by Crippen LogP contribution is -2.34. The lowest BCUT2D eigenvalue weighted by atomic mass is 10.1. The van der Waals surface area contributed by atoms with Gasteiger partial charge in [0.1, 0.15) is 13.2 Å². The van der Waals surface area contributed by atoms with Crippen molar-refractivity contribution in [2.24, 2.45) is 0 Å². The maximum atomic E-state index is 12.6. The number of nitrogens with zero attached hydrogens (tertiary/aromatic N) is 1. The van der Waals surface area contributed by atoms with Crippen molar-refractivity contribution in [3.8, 4) is 11.5 Å². The molecule has 0 spiro atoms. The van der Waals surface area contributed by atoms with Crippen LogP contribution in [0.3, 0.4) is 0 Å². The molecular weight excluding hydrogens is 348 g/mol. The number of nitrogens with one attached hydrogen (secondary N) is 1. The maximum absolute atomic E-state index is 12.6. The number of likely N-dealkylation sites (N-methyl/N-ethyl adjacent to an activating group) is 1. The Kier molecular flexibility index (Phi) is 5.09. The summed E-state index contributed by atoms with van der Waals surface area (Å²) in [6.45, 7) is 1.19. The first-order valence-electron chi connectivity index (χ1n) is 7.55. The van der Waals surface area contributed by atoms with Gasteiger partial charge in [0.15, 0.2) is 11.5 Å². The van der Waals surface area contributed by atoms with E-state index in [1.54, 1.807) is 17.4 Å². The number of hydrogen-bond acceptors (Lipinski definition) is 6. The van der Waals surface area contributed by atoms with Crippen LogP contribution in [0.15, 0.2) is 39.9 Å². The van der Waals surface area contributed by atoms with Crippen LogP contribution in [-0.4, -0.2) is 47.2 Å². The molecule has 1 aliphatic rings. The molecule has 0 aliphatic carbocycles. The summed E-state index contributed by atoms with van der Waals surface area (Å²) in [4.78, 5) is 2.17. The number of fused-ring (bicyclic) bond motifs is 1. The van der Waals surface area contributed by atoms with Gasteiger partial charge in [0.25, 0.3) is 0 Å². The average molecular weight is 368 g/mol. The molecule has 1 aliphatic heterocycles. The normalized spacial score (nSPS) is 15.5. The van der Waals surface area contributed by atoms with Gasteiger partial charge in [-0.1, -0.05) is 0 Å². The van der Waals surface area contributed by atoms with Crippen molar-refractivity contribution in [1.29, 1.82) is 0 Å². The summed E-state index contributed by atoms with van der Waals surface area (Å²) in [6.07, 6.45) is 0. The zero-order valence-electron chi connectivity index (χ0n) is 13.6. The lowest BCUT2D eigenvalue weighted by molar-refractivity contribution is 0.171. The molecule has 1 atom stereocenters. The SMILES string of the molecule is CN(C)C(CNS(=O)(=O)c1ccc2c(c1)OCCO2)c1ccsc1. The third kappa shape index (κ3) is 3.72. The molecule has 0 radical (unpaired) electrons. The van der Waals surface area contributed by atoms with Crippen LogP contribution in [0.25, 0.3) is 0 Å². The van der Waals surface area contributed by atoms with Crippen LogP contribution in [0.4, 0.5) is 0 Å². The van der Waals surface area contributed by atoms with E-state index in [-0.39, 0.29) is 10.9 Å². The van der Waals surface area contributed by atoms with Gasteiger partial charge >= 0.3 is 0 Å². The van der Waals surface area contributed by atoms with Crippen molar-refractivity contribution in [3.63, 3.8) is 0 Å². The first-order chi connectivity index (χ1) is 11.5. The molecule has 0 amide bonds. The maximum Gasteiger partial charge on any atom is 0.240 e. The second-order valence-electron chi connectivity index (χ2n) is 5.69. The van der Waals surface area contributed by atoms with Gasteiger partial charge in [0.05, 0.1) is 4.90 Å². The highest BCUT2D eigenvalue weighted by atomic mass is 32.2. The number of benzene rings is 1. The zero-order valence-corrected chi connectivity index (χ0v) is 15.2. The Labute approximate surface area is 146 Å². The van der Waals surface area contributed by atoms with Crippen LogP contribution in [0.2, 0.25) is 0 Å². The first-order valence-corrected chi connectivity index (χ1v) is 9.98. The molecule has 1 unspecified atom stereocenters. The van der Waals surface area contributed by atoms with E-state index < -0.39 is 10.0 Å². The molecule has 2 heterocycles. The minimum absolute atomic E-state index is 0.0248. The largest absolute Gasteiger partial charge is 0.486 e. The number of hydrogen-bond donors (Lipinski definition) is 1. The van der Waals surface area contributed by atoms with Gasteiger partial charge in [-0.25, -0.2) is 13.1 Å². The van der Waals surface area contributed by atoms with Crippen molar-refractivity contribution in [1.82, 2.24) is 9.62 Å². The van der Waals surface area contributed by atoms with Crippen LogP contribution in [0, 0.1) is 0 Å². The Morgan fingerprint density at radius 3 is 2.62 bits per heavy atom. The Morgan fingerprint density at radius 2 is 1.96 bits per heavy atom. The first kappa shape index (κ1) is 17.2. The quantitative estimate of drug-likeness (QED) is 0.846. The molecular formula is C16H20N2O4S2. The second-order valence-corrected chi connectivity index (χ2v) is 8.24. The van der Waals surface area contributed by atoms with Crippen molar-refractivity contribution in [3.05, 3.63) is 40.6 Å².